The van der Waals surface area contributed by atoms with Crippen molar-refractivity contribution in [3.8, 4) is 11.5 Å². The molecule has 8 nitrogen and oxygen atoms in total. The van der Waals surface area contributed by atoms with Gasteiger partial charge < -0.3 is 15.4 Å². The largest absolute Gasteiger partial charge is 0.367 e. The predicted octanol–water partition coefficient (Wildman–Crippen LogP) is 1.52. The van der Waals surface area contributed by atoms with Gasteiger partial charge in [-0.3, -0.25) is 9.20 Å². The van der Waals surface area contributed by atoms with Crippen LogP contribution in [-0.2, 0) is 9.53 Å². The Bertz CT molecular complexity index is 975. The molecule has 1 amide bonds. The molecule has 0 spiro atoms. The average molecular weight is 373 g/mol. The van der Waals surface area contributed by atoms with E-state index >= 15 is 0 Å². The van der Waals surface area contributed by atoms with Crippen LogP contribution < -0.4 is 10.6 Å². The molecular formula is C17H17ClN6O2. The number of carbonyl (C=O) groups excluding carboxylic acids is 1. The van der Waals surface area contributed by atoms with Gasteiger partial charge in [0.1, 0.15) is 17.2 Å². The lowest BCUT2D eigenvalue weighted by Gasteiger charge is -2.36. The Kier molecular flexibility index (Phi) is 4.21. The van der Waals surface area contributed by atoms with Crippen molar-refractivity contribution in [2.24, 2.45) is 5.73 Å². The monoisotopic (exact) mass is 372 g/mol. The molecule has 0 bridgehead atoms. The topological polar surface area (TPSA) is 98.6 Å². The molecule has 26 heavy (non-hydrogen) atoms. The maximum absolute atomic E-state index is 11.5. The number of amides is 1. The Hall–Kier alpha value is -2.71. The highest BCUT2D eigenvalue weighted by atomic mass is 35.5. The first-order chi connectivity index (χ1) is 12.5. The lowest BCUT2D eigenvalue weighted by Crippen LogP contribution is -2.52. The number of rotatable bonds is 3. The fourth-order valence-electron chi connectivity index (χ4n) is 3.06. The predicted molar refractivity (Wildman–Crippen MR) is 97.0 cm³/mol. The maximum atomic E-state index is 11.5. The molecule has 2 N–H and O–H groups in total. The smallest absolute Gasteiger partial charge is 0.248 e. The van der Waals surface area contributed by atoms with Crippen LogP contribution in [0.25, 0.3) is 17.2 Å². The van der Waals surface area contributed by atoms with Gasteiger partial charge in [-0.05, 0) is 25.1 Å². The molecule has 134 valence electrons. The Balaban J connectivity index is 1.70. The number of pyridine rings is 1. The Morgan fingerprint density at radius 1 is 1.31 bits per heavy atom. The molecule has 1 fully saturated rings. The molecule has 3 aromatic rings. The number of nitrogens with two attached hydrogens (primary N) is 1. The third-order valence-electron chi connectivity index (χ3n) is 4.24. The molecule has 0 aliphatic carbocycles. The van der Waals surface area contributed by atoms with Crippen LogP contribution in [0.4, 0.5) is 5.82 Å². The quantitative estimate of drug-likeness (QED) is 0.748. The summed E-state index contributed by atoms with van der Waals surface area (Å²) in [6, 6.07) is 5.41. The van der Waals surface area contributed by atoms with Gasteiger partial charge in [0.2, 0.25) is 5.91 Å². The highest BCUT2D eigenvalue weighted by Crippen LogP contribution is 2.23. The fourth-order valence-corrected chi connectivity index (χ4v) is 3.23. The van der Waals surface area contributed by atoms with E-state index in [0.29, 0.717) is 29.8 Å². The lowest BCUT2D eigenvalue weighted by atomic mass is 10.2. The van der Waals surface area contributed by atoms with E-state index in [4.69, 9.17) is 22.1 Å². The van der Waals surface area contributed by atoms with Crippen LogP contribution in [0.5, 0.6) is 0 Å². The van der Waals surface area contributed by atoms with Crippen LogP contribution in [0.1, 0.15) is 6.92 Å². The zero-order chi connectivity index (χ0) is 18.3. The number of anilines is 1. The number of imidazole rings is 1. The zero-order valence-electron chi connectivity index (χ0n) is 14.0. The number of aromatic nitrogens is 4. The van der Waals surface area contributed by atoms with Crippen molar-refractivity contribution in [3.63, 3.8) is 0 Å². The minimum absolute atomic E-state index is 0.130. The SMILES string of the molecule is C[C@@H]1CN(c2ccnc(-c3cnc4ccc(Cl)cn34)n2)C[C@@H](C(N)=O)O1. The summed E-state index contributed by atoms with van der Waals surface area (Å²) >= 11 is 6.09. The van der Waals surface area contributed by atoms with Crippen molar-refractivity contribution in [3.05, 3.63) is 41.8 Å². The van der Waals surface area contributed by atoms with Gasteiger partial charge >= 0.3 is 0 Å². The van der Waals surface area contributed by atoms with E-state index in [1.807, 2.05) is 22.3 Å². The molecule has 1 aliphatic rings. The Labute approximate surface area is 154 Å². The van der Waals surface area contributed by atoms with Crippen molar-refractivity contribution < 1.29 is 9.53 Å². The summed E-state index contributed by atoms with van der Waals surface area (Å²) in [4.78, 5) is 26.9. The zero-order valence-corrected chi connectivity index (χ0v) is 14.8. The number of fused-ring (bicyclic) bond motifs is 1. The summed E-state index contributed by atoms with van der Waals surface area (Å²) in [7, 11) is 0. The maximum Gasteiger partial charge on any atom is 0.248 e. The number of carbonyl (C=O) groups is 1. The summed E-state index contributed by atoms with van der Waals surface area (Å²) in [5, 5.41) is 0.596. The third kappa shape index (κ3) is 3.09. The number of hydrogen-bond donors (Lipinski definition) is 1. The van der Waals surface area contributed by atoms with E-state index in [0.717, 1.165) is 11.3 Å². The summed E-state index contributed by atoms with van der Waals surface area (Å²) in [6.45, 7) is 2.87. The van der Waals surface area contributed by atoms with Gasteiger partial charge in [-0.25, -0.2) is 15.0 Å². The molecule has 0 radical (unpaired) electrons. The number of nitrogens with zero attached hydrogens (tertiary/aromatic N) is 5. The number of primary amides is 1. The Morgan fingerprint density at radius 3 is 2.96 bits per heavy atom. The average Bonchev–Trinajstić information content (AvgIpc) is 3.04. The van der Waals surface area contributed by atoms with Gasteiger partial charge in [-0.1, -0.05) is 11.6 Å². The molecule has 1 aliphatic heterocycles. The summed E-state index contributed by atoms with van der Waals surface area (Å²) in [5.74, 6) is 0.743. The van der Waals surface area contributed by atoms with Crippen LogP contribution in [0, 0.1) is 0 Å². The second-order valence-electron chi connectivity index (χ2n) is 6.20. The van der Waals surface area contributed by atoms with Gasteiger partial charge in [0.15, 0.2) is 11.9 Å². The van der Waals surface area contributed by atoms with E-state index in [-0.39, 0.29) is 6.10 Å². The summed E-state index contributed by atoms with van der Waals surface area (Å²) < 4.78 is 7.43. The lowest BCUT2D eigenvalue weighted by molar-refractivity contribution is -0.133. The van der Waals surface area contributed by atoms with Crippen LogP contribution in [0.15, 0.2) is 36.8 Å². The second kappa shape index (κ2) is 6.54. The first kappa shape index (κ1) is 16.7. The fraction of sp³-hybridized carbons (Fsp3) is 0.294. The van der Waals surface area contributed by atoms with Crippen molar-refractivity contribution in [2.45, 2.75) is 19.1 Å². The van der Waals surface area contributed by atoms with E-state index < -0.39 is 12.0 Å². The highest BCUT2D eigenvalue weighted by molar-refractivity contribution is 6.30. The molecule has 9 heteroatoms. The number of hydrogen-bond acceptors (Lipinski definition) is 6. The van der Waals surface area contributed by atoms with Crippen LogP contribution in [0.3, 0.4) is 0 Å². The van der Waals surface area contributed by atoms with Crippen molar-refractivity contribution >= 4 is 29.0 Å². The van der Waals surface area contributed by atoms with Gasteiger partial charge in [0.05, 0.1) is 23.9 Å². The highest BCUT2D eigenvalue weighted by Gasteiger charge is 2.29. The molecular weight excluding hydrogens is 356 g/mol. The van der Waals surface area contributed by atoms with Gasteiger partial charge in [0.25, 0.3) is 0 Å². The Morgan fingerprint density at radius 2 is 2.15 bits per heavy atom. The van der Waals surface area contributed by atoms with Crippen LogP contribution in [-0.4, -0.2) is 50.6 Å². The summed E-state index contributed by atoms with van der Waals surface area (Å²) in [6.07, 6.45) is 4.37. The van der Waals surface area contributed by atoms with Crippen molar-refractivity contribution in [1.82, 2.24) is 19.4 Å². The van der Waals surface area contributed by atoms with Crippen LogP contribution >= 0.6 is 11.6 Å². The second-order valence-corrected chi connectivity index (χ2v) is 6.64. The summed E-state index contributed by atoms with van der Waals surface area (Å²) in [5.41, 5.74) is 6.90. The first-order valence-corrected chi connectivity index (χ1v) is 8.55. The van der Waals surface area contributed by atoms with E-state index in [1.165, 1.54) is 0 Å². The van der Waals surface area contributed by atoms with E-state index in [2.05, 4.69) is 15.0 Å². The normalized spacial score (nSPS) is 20.5. The molecule has 0 unspecified atom stereocenters. The molecule has 1 saturated heterocycles. The van der Waals surface area contributed by atoms with Gasteiger partial charge in [0, 0.05) is 18.9 Å². The molecule has 4 heterocycles. The molecule has 0 aromatic carbocycles. The van der Waals surface area contributed by atoms with Crippen molar-refractivity contribution in [1.29, 1.82) is 0 Å². The minimum atomic E-state index is -0.660. The van der Waals surface area contributed by atoms with Gasteiger partial charge in [-0.15, -0.1) is 0 Å². The number of ether oxygens (including phenoxy) is 1. The first-order valence-electron chi connectivity index (χ1n) is 8.17. The molecule has 3 aromatic heterocycles. The van der Waals surface area contributed by atoms with Gasteiger partial charge in [-0.2, -0.15) is 0 Å². The minimum Gasteiger partial charge on any atom is -0.367 e. The van der Waals surface area contributed by atoms with Crippen molar-refractivity contribution in [2.75, 3.05) is 18.0 Å². The number of halogens is 1. The molecule has 0 saturated carbocycles. The number of morpholine rings is 1. The van der Waals surface area contributed by atoms with E-state index in [1.54, 1.807) is 30.7 Å². The standard InChI is InChI=1S/C17H17ClN6O2/c1-10-7-23(9-13(26-10)16(19)25)15-4-5-20-17(22-15)12-6-21-14-3-2-11(18)8-24(12)14/h2-6,8,10,13H,7,9H2,1H3,(H2,19,25)/t10-,13+/m1/s1. The van der Waals surface area contributed by atoms with Crippen LogP contribution in [0.2, 0.25) is 5.02 Å². The molecule has 2 atom stereocenters. The third-order valence-corrected chi connectivity index (χ3v) is 4.46. The van der Waals surface area contributed by atoms with E-state index in [9.17, 15) is 4.79 Å². The molecule has 4 rings (SSSR count).